The zero-order valence-corrected chi connectivity index (χ0v) is 12.4. The summed E-state index contributed by atoms with van der Waals surface area (Å²) in [7, 11) is 1.43. The van der Waals surface area contributed by atoms with Gasteiger partial charge in [-0.2, -0.15) is 5.10 Å². The summed E-state index contributed by atoms with van der Waals surface area (Å²) in [6.45, 7) is 4.06. The van der Waals surface area contributed by atoms with E-state index in [1.807, 2.05) is 18.5 Å². The van der Waals surface area contributed by atoms with E-state index in [9.17, 15) is 4.39 Å². The fraction of sp³-hybridized carbons (Fsp3) is 0.429. The quantitative estimate of drug-likeness (QED) is 0.627. The van der Waals surface area contributed by atoms with Gasteiger partial charge < -0.3 is 4.74 Å². The third-order valence-corrected chi connectivity index (χ3v) is 3.30. The van der Waals surface area contributed by atoms with Gasteiger partial charge in [0, 0.05) is 12.5 Å². The van der Waals surface area contributed by atoms with Crippen molar-refractivity contribution in [1.29, 1.82) is 0 Å². The number of hydrogen-bond donors (Lipinski definition) is 2. The minimum absolute atomic E-state index is 0.193. The van der Waals surface area contributed by atoms with E-state index in [4.69, 9.17) is 10.6 Å². The van der Waals surface area contributed by atoms with Crippen LogP contribution in [0.25, 0.3) is 0 Å². The third kappa shape index (κ3) is 3.37. The number of benzene rings is 1. The molecule has 1 unspecified atom stereocenters. The normalized spacial score (nSPS) is 12.7. The lowest BCUT2D eigenvalue weighted by molar-refractivity contribution is 0.384. The number of nitrogens with zero attached hydrogens (tertiary/aromatic N) is 3. The van der Waals surface area contributed by atoms with Crippen molar-refractivity contribution < 1.29 is 9.13 Å². The molecule has 6 nitrogen and oxygen atoms in total. The van der Waals surface area contributed by atoms with Gasteiger partial charge in [-0.25, -0.2) is 14.1 Å². The van der Waals surface area contributed by atoms with Crippen LogP contribution in [-0.2, 0) is 6.42 Å². The number of hydrazine groups is 1. The Balaban J connectivity index is 2.25. The first kappa shape index (κ1) is 15.4. The number of methoxy groups -OCH3 is 1. The highest BCUT2D eigenvalue weighted by atomic mass is 19.1. The Kier molecular flexibility index (Phi) is 4.87. The lowest BCUT2D eigenvalue weighted by Gasteiger charge is -2.18. The molecule has 0 aliphatic carbocycles. The molecule has 0 radical (unpaired) electrons. The largest absolute Gasteiger partial charge is 0.494 e. The number of nitrogens with one attached hydrogen (secondary N) is 1. The van der Waals surface area contributed by atoms with Gasteiger partial charge in [0.15, 0.2) is 11.6 Å². The summed E-state index contributed by atoms with van der Waals surface area (Å²) in [4.78, 5) is 4.26. The summed E-state index contributed by atoms with van der Waals surface area (Å²) in [6, 6.07) is 4.69. The van der Waals surface area contributed by atoms with Crippen LogP contribution in [0, 0.1) is 5.82 Å². The summed E-state index contributed by atoms with van der Waals surface area (Å²) >= 11 is 0. The molecule has 0 bridgehead atoms. The van der Waals surface area contributed by atoms with Gasteiger partial charge in [0.05, 0.1) is 13.2 Å². The van der Waals surface area contributed by atoms with Crippen LogP contribution in [0.5, 0.6) is 5.75 Å². The van der Waals surface area contributed by atoms with E-state index in [0.29, 0.717) is 6.42 Å². The molecule has 0 saturated heterocycles. The van der Waals surface area contributed by atoms with Crippen molar-refractivity contribution in [3.05, 3.63) is 41.7 Å². The number of aromatic nitrogens is 3. The van der Waals surface area contributed by atoms with Crippen molar-refractivity contribution in [3.8, 4) is 5.75 Å². The van der Waals surface area contributed by atoms with Gasteiger partial charge >= 0.3 is 0 Å². The minimum atomic E-state index is -0.401. The van der Waals surface area contributed by atoms with Crippen LogP contribution in [0.4, 0.5) is 4.39 Å². The molecular formula is C14H20FN5O. The Morgan fingerprint density at radius 2 is 2.19 bits per heavy atom. The molecule has 1 aromatic carbocycles. The van der Waals surface area contributed by atoms with E-state index in [-0.39, 0.29) is 17.8 Å². The van der Waals surface area contributed by atoms with Crippen molar-refractivity contribution in [2.24, 2.45) is 5.84 Å². The Morgan fingerprint density at radius 3 is 2.81 bits per heavy atom. The Bertz CT molecular complexity index is 599. The molecular weight excluding hydrogens is 273 g/mol. The van der Waals surface area contributed by atoms with Crippen LogP contribution in [0.2, 0.25) is 0 Å². The molecule has 21 heavy (non-hydrogen) atoms. The predicted molar refractivity (Wildman–Crippen MR) is 77.1 cm³/mol. The number of rotatable bonds is 6. The maximum Gasteiger partial charge on any atom is 0.165 e. The van der Waals surface area contributed by atoms with Gasteiger partial charge in [-0.1, -0.05) is 6.07 Å². The van der Waals surface area contributed by atoms with Crippen LogP contribution in [0.1, 0.15) is 37.3 Å². The SMILES string of the molecule is COc1cc(C(Cc2ncnn2C(C)C)NN)ccc1F. The molecule has 0 saturated carbocycles. The standard InChI is InChI=1S/C14H20FN5O/c1-9(2)20-14(17-8-18-20)7-12(19-16)10-4-5-11(15)13(6-10)21-3/h4-6,8-9,12,19H,7,16H2,1-3H3. The van der Waals surface area contributed by atoms with Crippen molar-refractivity contribution >= 4 is 0 Å². The lowest BCUT2D eigenvalue weighted by Crippen LogP contribution is -2.30. The predicted octanol–water partition coefficient (Wildman–Crippen LogP) is 1.75. The molecule has 1 heterocycles. The fourth-order valence-electron chi connectivity index (χ4n) is 2.20. The van der Waals surface area contributed by atoms with Crippen LogP contribution in [-0.4, -0.2) is 21.9 Å². The second-order valence-corrected chi connectivity index (χ2v) is 5.03. The van der Waals surface area contributed by atoms with Gasteiger partial charge in [-0.05, 0) is 31.5 Å². The smallest absolute Gasteiger partial charge is 0.165 e. The average molecular weight is 293 g/mol. The third-order valence-electron chi connectivity index (χ3n) is 3.30. The molecule has 0 aliphatic heterocycles. The van der Waals surface area contributed by atoms with Crippen molar-refractivity contribution in [2.45, 2.75) is 32.4 Å². The Morgan fingerprint density at radius 1 is 1.43 bits per heavy atom. The first-order valence-corrected chi connectivity index (χ1v) is 6.74. The first-order chi connectivity index (χ1) is 10.1. The molecule has 0 fully saturated rings. The maximum atomic E-state index is 13.5. The molecule has 1 atom stereocenters. The van der Waals surface area contributed by atoms with E-state index in [1.54, 1.807) is 12.1 Å². The first-order valence-electron chi connectivity index (χ1n) is 6.74. The van der Waals surface area contributed by atoms with E-state index in [2.05, 4.69) is 15.5 Å². The molecule has 114 valence electrons. The van der Waals surface area contributed by atoms with Crippen LogP contribution in [0.15, 0.2) is 24.5 Å². The van der Waals surface area contributed by atoms with Crippen molar-refractivity contribution in [2.75, 3.05) is 7.11 Å². The van der Waals surface area contributed by atoms with E-state index in [1.165, 1.54) is 19.5 Å². The van der Waals surface area contributed by atoms with Crippen molar-refractivity contribution in [3.63, 3.8) is 0 Å². The summed E-state index contributed by atoms with van der Waals surface area (Å²) in [5, 5.41) is 4.20. The van der Waals surface area contributed by atoms with Crippen LogP contribution in [0.3, 0.4) is 0 Å². The highest BCUT2D eigenvalue weighted by molar-refractivity contribution is 5.32. The zero-order chi connectivity index (χ0) is 15.4. The average Bonchev–Trinajstić information content (AvgIpc) is 2.94. The molecule has 3 N–H and O–H groups in total. The summed E-state index contributed by atoms with van der Waals surface area (Å²) < 4.78 is 20.3. The number of halogens is 1. The van der Waals surface area contributed by atoms with E-state index in [0.717, 1.165) is 11.4 Å². The monoisotopic (exact) mass is 293 g/mol. The van der Waals surface area contributed by atoms with Crippen LogP contribution >= 0.6 is 0 Å². The lowest BCUT2D eigenvalue weighted by atomic mass is 10.0. The fourth-order valence-corrected chi connectivity index (χ4v) is 2.20. The topological polar surface area (TPSA) is 78.0 Å². The summed E-state index contributed by atoms with van der Waals surface area (Å²) in [6.07, 6.45) is 2.07. The molecule has 2 rings (SSSR count). The van der Waals surface area contributed by atoms with Crippen molar-refractivity contribution in [1.82, 2.24) is 20.2 Å². The van der Waals surface area contributed by atoms with Gasteiger partial charge in [0.2, 0.25) is 0 Å². The van der Waals surface area contributed by atoms with Crippen LogP contribution < -0.4 is 16.0 Å². The summed E-state index contributed by atoms with van der Waals surface area (Å²) in [5.74, 6) is 6.24. The molecule has 1 aromatic heterocycles. The molecule has 2 aromatic rings. The zero-order valence-electron chi connectivity index (χ0n) is 12.4. The molecule has 7 heteroatoms. The molecule has 0 aliphatic rings. The Labute approximate surface area is 123 Å². The second-order valence-electron chi connectivity index (χ2n) is 5.03. The maximum absolute atomic E-state index is 13.5. The highest BCUT2D eigenvalue weighted by Gasteiger charge is 2.17. The van der Waals surface area contributed by atoms with E-state index >= 15 is 0 Å². The highest BCUT2D eigenvalue weighted by Crippen LogP contribution is 2.24. The molecule has 0 amide bonds. The second kappa shape index (κ2) is 6.64. The number of nitrogens with two attached hydrogens (primary N) is 1. The van der Waals surface area contributed by atoms with Gasteiger partial charge in [-0.15, -0.1) is 0 Å². The van der Waals surface area contributed by atoms with Gasteiger partial charge in [0.25, 0.3) is 0 Å². The molecule has 0 spiro atoms. The van der Waals surface area contributed by atoms with Gasteiger partial charge in [0.1, 0.15) is 12.2 Å². The number of ether oxygens (including phenoxy) is 1. The summed E-state index contributed by atoms with van der Waals surface area (Å²) in [5.41, 5.74) is 3.56. The van der Waals surface area contributed by atoms with Gasteiger partial charge in [-0.3, -0.25) is 11.3 Å². The minimum Gasteiger partial charge on any atom is -0.494 e. The van der Waals surface area contributed by atoms with E-state index < -0.39 is 5.82 Å². The number of hydrogen-bond acceptors (Lipinski definition) is 5. The Hall–Kier alpha value is -1.99.